The summed E-state index contributed by atoms with van der Waals surface area (Å²) in [6, 6.07) is 6.49. The molecule has 1 atom stereocenters. The van der Waals surface area contributed by atoms with Crippen LogP contribution in [0.5, 0.6) is 0 Å². The molecule has 0 spiro atoms. The highest BCUT2D eigenvalue weighted by atomic mass is 79.9. The van der Waals surface area contributed by atoms with Gasteiger partial charge < -0.3 is 15.5 Å². The third kappa shape index (κ3) is 3.24. The normalized spacial score (nSPS) is 11.9. The molecule has 1 heterocycles. The Labute approximate surface area is 122 Å². The number of primary amides is 1. The molecule has 3 N–H and O–H groups in total. The van der Waals surface area contributed by atoms with Gasteiger partial charge in [0.1, 0.15) is 11.5 Å². The Morgan fingerprint density at radius 2 is 1.95 bits per heavy atom. The van der Waals surface area contributed by atoms with E-state index in [2.05, 4.69) is 20.9 Å². The van der Waals surface area contributed by atoms with Crippen LogP contribution in [0.15, 0.2) is 41.0 Å². The summed E-state index contributed by atoms with van der Waals surface area (Å²) in [6.07, 6.45) is 0.276. The lowest BCUT2D eigenvalue weighted by atomic mass is 10.1. The number of carbonyl (C=O) groups excluding carboxylic acids is 2. The molecule has 0 aliphatic heterocycles. The second-order valence-corrected chi connectivity index (χ2v) is 4.89. The number of nitrogens with one attached hydrogen (secondary N) is 1. The number of benzene rings is 1. The van der Waals surface area contributed by atoms with E-state index in [0.717, 1.165) is 12.1 Å². The van der Waals surface area contributed by atoms with Crippen molar-refractivity contribution >= 4 is 27.8 Å². The van der Waals surface area contributed by atoms with Gasteiger partial charge in [0.2, 0.25) is 6.10 Å². The average molecular weight is 341 g/mol. The van der Waals surface area contributed by atoms with Crippen molar-refractivity contribution in [2.45, 2.75) is 6.10 Å². The lowest BCUT2D eigenvalue weighted by Crippen LogP contribution is -2.26. The predicted octanol–water partition coefficient (Wildman–Crippen LogP) is 2.30. The van der Waals surface area contributed by atoms with Crippen molar-refractivity contribution in [3.63, 3.8) is 0 Å². The summed E-state index contributed by atoms with van der Waals surface area (Å²) in [5.41, 5.74) is 5.68. The first-order valence-electron chi connectivity index (χ1n) is 5.57. The lowest BCUT2D eigenvalue weighted by Gasteiger charge is -2.14. The number of nitrogens with two attached hydrogens (primary N) is 1. The topological polar surface area (TPSA) is 85.2 Å². The Morgan fingerprint density at radius 3 is 2.45 bits per heavy atom. The van der Waals surface area contributed by atoms with E-state index in [0.29, 0.717) is 10.0 Å². The summed E-state index contributed by atoms with van der Waals surface area (Å²) in [4.78, 5) is 25.9. The minimum Gasteiger partial charge on any atom is -0.443 e. The highest BCUT2D eigenvalue weighted by Gasteiger charge is 2.24. The summed E-state index contributed by atoms with van der Waals surface area (Å²) in [5, 5.41) is 0. The van der Waals surface area contributed by atoms with E-state index in [-0.39, 0.29) is 5.69 Å². The fraction of sp³-hybridized carbons (Fsp3) is 0.0769. The average Bonchev–Trinajstić information content (AvgIpc) is 2.83. The molecule has 0 aliphatic rings. The van der Waals surface area contributed by atoms with Gasteiger partial charge in [-0.1, -0.05) is 12.1 Å². The number of aromatic amines is 1. The minimum atomic E-state index is -1.27. The molecule has 0 saturated carbocycles. The molecule has 5 nitrogen and oxygen atoms in total. The van der Waals surface area contributed by atoms with Gasteiger partial charge in [0, 0.05) is 16.2 Å². The van der Waals surface area contributed by atoms with Gasteiger partial charge in [-0.05, 0) is 34.1 Å². The molecule has 1 aromatic heterocycles. The summed E-state index contributed by atoms with van der Waals surface area (Å²) < 4.78 is 18.6. The Bertz CT molecular complexity index is 639. The molecule has 20 heavy (non-hydrogen) atoms. The van der Waals surface area contributed by atoms with Crippen LogP contribution in [0.3, 0.4) is 0 Å². The van der Waals surface area contributed by atoms with Gasteiger partial charge in [0.15, 0.2) is 0 Å². The minimum absolute atomic E-state index is 0.172. The molecule has 0 fully saturated rings. The van der Waals surface area contributed by atoms with E-state index in [1.54, 1.807) is 6.20 Å². The molecule has 0 aliphatic carbocycles. The number of amides is 1. The molecule has 1 aromatic carbocycles. The number of hydrogen-bond acceptors (Lipinski definition) is 3. The number of rotatable bonds is 4. The zero-order valence-corrected chi connectivity index (χ0v) is 11.7. The Balaban J connectivity index is 2.20. The third-order valence-electron chi connectivity index (χ3n) is 2.52. The number of carbonyl (C=O) groups is 2. The number of H-pyrrole nitrogens is 1. The van der Waals surface area contributed by atoms with Crippen LogP contribution in [0.25, 0.3) is 0 Å². The van der Waals surface area contributed by atoms with Crippen molar-refractivity contribution in [2.24, 2.45) is 5.73 Å². The fourth-order valence-electron chi connectivity index (χ4n) is 1.58. The number of ether oxygens (including phenoxy) is 1. The largest absolute Gasteiger partial charge is 0.443 e. The van der Waals surface area contributed by atoms with Crippen LogP contribution in [0.1, 0.15) is 22.2 Å². The van der Waals surface area contributed by atoms with Crippen LogP contribution in [-0.2, 0) is 9.53 Å². The van der Waals surface area contributed by atoms with Crippen LogP contribution in [0.2, 0.25) is 0 Å². The standard InChI is InChI=1S/C13H10BrFN2O3/c14-8-5-10(17-6-8)13(19)20-11(12(16)18)7-1-3-9(15)4-2-7/h1-6,11,17H,(H2,16,18)/t11-/m0/s1. The highest BCUT2D eigenvalue weighted by molar-refractivity contribution is 9.10. The van der Waals surface area contributed by atoms with Crippen molar-refractivity contribution < 1.29 is 18.7 Å². The SMILES string of the molecule is NC(=O)[C@@H](OC(=O)c1cc(Br)c[nH]1)c1ccc(F)cc1. The van der Waals surface area contributed by atoms with E-state index in [1.165, 1.54) is 18.2 Å². The maximum absolute atomic E-state index is 12.8. The van der Waals surface area contributed by atoms with Gasteiger partial charge in [-0.25, -0.2) is 9.18 Å². The molecule has 2 aromatic rings. The van der Waals surface area contributed by atoms with E-state index in [4.69, 9.17) is 10.5 Å². The van der Waals surface area contributed by atoms with Gasteiger partial charge in [-0.2, -0.15) is 0 Å². The third-order valence-corrected chi connectivity index (χ3v) is 2.98. The molecule has 1 amide bonds. The zero-order chi connectivity index (χ0) is 14.7. The van der Waals surface area contributed by atoms with E-state index < -0.39 is 23.8 Å². The molecular weight excluding hydrogens is 331 g/mol. The molecule has 104 valence electrons. The first-order valence-corrected chi connectivity index (χ1v) is 6.36. The summed E-state index contributed by atoms with van der Waals surface area (Å²) in [7, 11) is 0. The predicted molar refractivity (Wildman–Crippen MR) is 72.2 cm³/mol. The van der Waals surface area contributed by atoms with Crippen LogP contribution in [0, 0.1) is 5.82 Å². The van der Waals surface area contributed by atoms with Crippen molar-refractivity contribution in [1.29, 1.82) is 0 Å². The number of aromatic nitrogens is 1. The van der Waals surface area contributed by atoms with Crippen LogP contribution < -0.4 is 5.73 Å². The Hall–Kier alpha value is -2.15. The van der Waals surface area contributed by atoms with Gasteiger partial charge in [-0.3, -0.25) is 4.79 Å². The van der Waals surface area contributed by atoms with Crippen molar-refractivity contribution in [1.82, 2.24) is 4.98 Å². The molecule has 0 saturated heterocycles. The molecule has 7 heteroatoms. The van der Waals surface area contributed by atoms with E-state index in [9.17, 15) is 14.0 Å². The summed E-state index contributed by atoms with van der Waals surface area (Å²) in [6.45, 7) is 0. The van der Waals surface area contributed by atoms with Gasteiger partial charge >= 0.3 is 5.97 Å². The molecule has 0 radical (unpaired) electrons. The zero-order valence-electron chi connectivity index (χ0n) is 10.1. The molecule has 2 rings (SSSR count). The lowest BCUT2D eigenvalue weighted by molar-refractivity contribution is -0.127. The van der Waals surface area contributed by atoms with Crippen molar-refractivity contribution in [2.75, 3.05) is 0 Å². The summed E-state index contributed by atoms with van der Waals surface area (Å²) >= 11 is 3.18. The molecule has 0 unspecified atom stereocenters. The van der Waals surface area contributed by atoms with Crippen LogP contribution in [-0.4, -0.2) is 16.9 Å². The maximum atomic E-state index is 12.8. The number of hydrogen-bond donors (Lipinski definition) is 2. The second-order valence-electron chi connectivity index (χ2n) is 3.97. The maximum Gasteiger partial charge on any atom is 0.355 e. The smallest absolute Gasteiger partial charge is 0.355 e. The number of esters is 1. The quantitative estimate of drug-likeness (QED) is 0.837. The Morgan fingerprint density at radius 1 is 1.30 bits per heavy atom. The van der Waals surface area contributed by atoms with Gasteiger partial charge in [-0.15, -0.1) is 0 Å². The van der Waals surface area contributed by atoms with Crippen molar-refractivity contribution in [3.8, 4) is 0 Å². The fourth-order valence-corrected chi connectivity index (χ4v) is 1.93. The van der Waals surface area contributed by atoms with E-state index in [1.807, 2.05) is 0 Å². The molecule has 0 bridgehead atoms. The monoisotopic (exact) mass is 340 g/mol. The van der Waals surface area contributed by atoms with Crippen LogP contribution >= 0.6 is 15.9 Å². The second kappa shape index (κ2) is 5.87. The Kier molecular flexibility index (Phi) is 4.19. The highest BCUT2D eigenvalue weighted by Crippen LogP contribution is 2.20. The van der Waals surface area contributed by atoms with Gasteiger partial charge in [0.05, 0.1) is 0 Å². The van der Waals surface area contributed by atoms with Crippen molar-refractivity contribution in [3.05, 3.63) is 58.1 Å². The number of halogens is 2. The van der Waals surface area contributed by atoms with Crippen LogP contribution in [0.4, 0.5) is 4.39 Å². The first-order chi connectivity index (χ1) is 9.47. The first kappa shape index (κ1) is 14.3. The molecular formula is C13H10BrFN2O3. The summed E-state index contributed by atoms with van der Waals surface area (Å²) in [5.74, 6) is -2.03. The van der Waals surface area contributed by atoms with E-state index >= 15 is 0 Å². The van der Waals surface area contributed by atoms with Gasteiger partial charge in [0.25, 0.3) is 5.91 Å².